The monoisotopic (exact) mass is 131 g/mol. The maximum atomic E-state index is 3.27. The zero-order chi connectivity index (χ0) is 5.82. The average Bonchev–Trinajstić information content (AvgIpc) is 1.63. The summed E-state index contributed by atoms with van der Waals surface area (Å²) in [6.45, 7) is 3.24. The summed E-state index contributed by atoms with van der Waals surface area (Å²) in [7, 11) is 0. The van der Waals surface area contributed by atoms with Gasteiger partial charge in [-0.3, -0.25) is 4.72 Å². The van der Waals surface area contributed by atoms with Gasteiger partial charge in [-0.2, -0.15) is 0 Å². The number of nitrogens with one attached hydrogen (secondary N) is 1. The van der Waals surface area contributed by atoms with Gasteiger partial charge in [0, 0.05) is 11.8 Å². The molecule has 0 aromatic rings. The summed E-state index contributed by atoms with van der Waals surface area (Å²) in [6.07, 6.45) is 4.30. The van der Waals surface area contributed by atoms with Crippen LogP contribution in [-0.4, -0.2) is 11.8 Å². The molecule has 1 aliphatic carbocycles. The Morgan fingerprint density at radius 1 is 1.62 bits per heavy atom. The summed E-state index contributed by atoms with van der Waals surface area (Å²) in [5.41, 5.74) is 0. The lowest BCUT2D eigenvalue weighted by Gasteiger charge is -2.23. The number of hydrogen-bond donors (Lipinski definition) is 1. The topological polar surface area (TPSA) is 12.0 Å². The lowest BCUT2D eigenvalue weighted by Crippen LogP contribution is -2.18. The van der Waals surface area contributed by atoms with Gasteiger partial charge in [0.1, 0.15) is 0 Å². The van der Waals surface area contributed by atoms with E-state index >= 15 is 0 Å². The Morgan fingerprint density at radius 2 is 2.38 bits per heavy atom. The predicted octanol–water partition coefficient (Wildman–Crippen LogP) is 1.80. The molecule has 1 N–H and O–H groups in total. The highest BCUT2D eigenvalue weighted by Gasteiger charge is 2.16. The fourth-order valence-electron chi connectivity index (χ4n) is 0.690. The first-order chi connectivity index (χ1) is 3.93. The van der Waals surface area contributed by atoms with E-state index in [1.807, 2.05) is 11.9 Å². The number of rotatable bonds is 3. The Hall–Kier alpha value is 0.310. The smallest absolute Gasteiger partial charge is 0.0193 e. The Morgan fingerprint density at radius 3 is 2.75 bits per heavy atom. The Bertz CT molecular complexity index is 61.5. The summed E-state index contributed by atoms with van der Waals surface area (Å²) in [5, 5.41) is 0.940. The molecule has 0 saturated heterocycles. The lowest BCUT2D eigenvalue weighted by atomic mass is 10.0. The Balaban J connectivity index is 1.86. The minimum atomic E-state index is 0.940. The second-order valence-electron chi connectivity index (χ2n) is 2.17. The van der Waals surface area contributed by atoms with Gasteiger partial charge in [0.25, 0.3) is 0 Å². The van der Waals surface area contributed by atoms with Crippen molar-refractivity contribution in [3.05, 3.63) is 0 Å². The van der Waals surface area contributed by atoms with Crippen molar-refractivity contribution in [2.75, 3.05) is 6.54 Å². The van der Waals surface area contributed by atoms with Crippen molar-refractivity contribution >= 4 is 11.9 Å². The molecule has 8 heavy (non-hydrogen) atoms. The summed E-state index contributed by atoms with van der Waals surface area (Å²) in [5.74, 6) is 0. The van der Waals surface area contributed by atoms with E-state index in [-0.39, 0.29) is 0 Å². The van der Waals surface area contributed by atoms with E-state index in [1.54, 1.807) is 0 Å². The van der Waals surface area contributed by atoms with Crippen molar-refractivity contribution in [1.29, 1.82) is 0 Å². The molecule has 0 aliphatic heterocycles. The fraction of sp³-hybridized carbons (Fsp3) is 1.00. The molecule has 48 valence electrons. The largest absolute Gasteiger partial charge is 0.264 e. The van der Waals surface area contributed by atoms with E-state index < -0.39 is 0 Å². The van der Waals surface area contributed by atoms with E-state index in [9.17, 15) is 0 Å². The Labute approximate surface area is 55.4 Å². The first kappa shape index (κ1) is 6.43. The molecular weight excluding hydrogens is 118 g/mol. The zero-order valence-electron chi connectivity index (χ0n) is 5.31. The molecule has 0 aromatic carbocycles. The number of hydrogen-bond acceptors (Lipinski definition) is 2. The van der Waals surface area contributed by atoms with Crippen LogP contribution in [0.4, 0.5) is 0 Å². The van der Waals surface area contributed by atoms with E-state index in [1.165, 1.54) is 19.3 Å². The van der Waals surface area contributed by atoms with E-state index in [0.717, 1.165) is 11.8 Å². The Kier molecular flexibility index (Phi) is 2.70. The molecule has 0 amide bonds. The lowest BCUT2D eigenvalue weighted by molar-refractivity contribution is 0.520. The highest BCUT2D eigenvalue weighted by atomic mass is 32.2. The third-order valence-corrected chi connectivity index (χ3v) is 2.71. The van der Waals surface area contributed by atoms with Gasteiger partial charge < -0.3 is 0 Å². The molecule has 0 aromatic heterocycles. The molecule has 0 spiro atoms. The van der Waals surface area contributed by atoms with Crippen molar-refractivity contribution in [2.45, 2.75) is 31.4 Å². The standard InChI is InChI=1S/C6H13NS/c1-2-7-8-6-4-3-5-6/h6-7H,2-5H2,1H3. The summed E-state index contributed by atoms with van der Waals surface area (Å²) in [4.78, 5) is 0. The average molecular weight is 131 g/mol. The van der Waals surface area contributed by atoms with Crippen LogP contribution in [0.5, 0.6) is 0 Å². The van der Waals surface area contributed by atoms with Gasteiger partial charge in [-0.25, -0.2) is 0 Å². The summed E-state index contributed by atoms with van der Waals surface area (Å²) < 4.78 is 3.27. The summed E-state index contributed by atoms with van der Waals surface area (Å²) >= 11 is 1.91. The second-order valence-corrected chi connectivity index (χ2v) is 3.36. The quantitative estimate of drug-likeness (QED) is 0.586. The van der Waals surface area contributed by atoms with Crippen LogP contribution in [0.25, 0.3) is 0 Å². The third-order valence-electron chi connectivity index (χ3n) is 1.45. The minimum Gasteiger partial charge on any atom is -0.264 e. The van der Waals surface area contributed by atoms with E-state index in [0.29, 0.717) is 0 Å². The maximum Gasteiger partial charge on any atom is 0.0193 e. The van der Waals surface area contributed by atoms with Gasteiger partial charge in [-0.1, -0.05) is 25.3 Å². The molecular formula is C6H13NS. The highest BCUT2D eigenvalue weighted by Crippen LogP contribution is 2.28. The van der Waals surface area contributed by atoms with Crippen molar-refractivity contribution in [3.63, 3.8) is 0 Å². The van der Waals surface area contributed by atoms with Crippen molar-refractivity contribution in [2.24, 2.45) is 0 Å². The molecule has 1 rings (SSSR count). The van der Waals surface area contributed by atoms with Gasteiger partial charge in [0.05, 0.1) is 0 Å². The zero-order valence-corrected chi connectivity index (χ0v) is 6.13. The van der Waals surface area contributed by atoms with Crippen LogP contribution < -0.4 is 4.72 Å². The normalized spacial score (nSPS) is 20.6. The van der Waals surface area contributed by atoms with Crippen LogP contribution in [0.15, 0.2) is 0 Å². The first-order valence-corrected chi connectivity index (χ1v) is 4.20. The molecule has 0 unspecified atom stereocenters. The second kappa shape index (κ2) is 3.36. The summed E-state index contributed by atoms with van der Waals surface area (Å²) in [6, 6.07) is 0. The van der Waals surface area contributed by atoms with Gasteiger partial charge in [0.15, 0.2) is 0 Å². The molecule has 2 heteroatoms. The van der Waals surface area contributed by atoms with Crippen LogP contribution in [0.2, 0.25) is 0 Å². The minimum absolute atomic E-state index is 0.940. The third kappa shape index (κ3) is 1.67. The van der Waals surface area contributed by atoms with Crippen molar-refractivity contribution < 1.29 is 0 Å². The van der Waals surface area contributed by atoms with Crippen LogP contribution in [0.3, 0.4) is 0 Å². The molecule has 0 radical (unpaired) electrons. The van der Waals surface area contributed by atoms with Crippen molar-refractivity contribution in [3.8, 4) is 0 Å². The van der Waals surface area contributed by atoms with Crippen LogP contribution in [-0.2, 0) is 0 Å². The highest BCUT2D eigenvalue weighted by molar-refractivity contribution is 7.98. The predicted molar refractivity (Wildman–Crippen MR) is 38.9 cm³/mol. The van der Waals surface area contributed by atoms with Crippen molar-refractivity contribution in [1.82, 2.24) is 4.72 Å². The van der Waals surface area contributed by atoms with E-state index in [4.69, 9.17) is 0 Å². The molecule has 1 saturated carbocycles. The van der Waals surface area contributed by atoms with Crippen LogP contribution in [0, 0.1) is 0 Å². The molecule has 1 fully saturated rings. The molecule has 1 aliphatic rings. The molecule has 0 heterocycles. The van der Waals surface area contributed by atoms with Gasteiger partial charge in [0.2, 0.25) is 0 Å². The SMILES string of the molecule is CCNSC1CCC1. The molecule has 0 bridgehead atoms. The fourth-order valence-corrected chi connectivity index (χ4v) is 1.66. The van der Waals surface area contributed by atoms with Gasteiger partial charge in [-0.15, -0.1) is 0 Å². The first-order valence-electron chi connectivity index (χ1n) is 3.32. The van der Waals surface area contributed by atoms with Gasteiger partial charge >= 0.3 is 0 Å². The maximum absolute atomic E-state index is 3.27. The van der Waals surface area contributed by atoms with Crippen LogP contribution in [0.1, 0.15) is 26.2 Å². The molecule has 0 atom stereocenters. The van der Waals surface area contributed by atoms with E-state index in [2.05, 4.69) is 11.6 Å². The van der Waals surface area contributed by atoms with Gasteiger partial charge in [-0.05, 0) is 12.8 Å². The van der Waals surface area contributed by atoms with Crippen LogP contribution >= 0.6 is 11.9 Å². The molecule has 1 nitrogen and oxygen atoms in total.